The van der Waals surface area contributed by atoms with Crippen molar-refractivity contribution in [3.8, 4) is 0 Å². The van der Waals surface area contributed by atoms with Crippen molar-refractivity contribution in [2.24, 2.45) is 5.92 Å². The zero-order valence-electron chi connectivity index (χ0n) is 15.7. The van der Waals surface area contributed by atoms with E-state index in [0.717, 1.165) is 37.5 Å². The molecule has 2 aliphatic heterocycles. The van der Waals surface area contributed by atoms with Crippen molar-refractivity contribution in [2.45, 2.75) is 58.2 Å². The molecule has 1 aromatic heterocycles. The number of carbonyl (C=O) groups excluding carboxylic acids is 1. The lowest BCUT2D eigenvalue weighted by molar-refractivity contribution is -0.126. The molecule has 0 saturated carbocycles. The van der Waals surface area contributed by atoms with Crippen molar-refractivity contribution in [3.05, 3.63) is 30.1 Å². The van der Waals surface area contributed by atoms with Gasteiger partial charge in [0.05, 0.1) is 0 Å². The number of nitrogens with one attached hydrogen (secondary N) is 1. The van der Waals surface area contributed by atoms with Crippen LogP contribution in [0.3, 0.4) is 0 Å². The number of aromatic nitrogens is 1. The van der Waals surface area contributed by atoms with Gasteiger partial charge in [0.15, 0.2) is 0 Å². The Morgan fingerprint density at radius 2 is 1.92 bits per heavy atom. The normalized spacial score (nSPS) is 21.6. The van der Waals surface area contributed by atoms with Crippen LogP contribution >= 0.6 is 0 Å². The van der Waals surface area contributed by atoms with E-state index in [1.807, 2.05) is 18.3 Å². The molecule has 0 radical (unpaired) electrons. The van der Waals surface area contributed by atoms with Crippen LogP contribution in [0.25, 0.3) is 0 Å². The Morgan fingerprint density at radius 3 is 2.52 bits per heavy atom. The van der Waals surface area contributed by atoms with Crippen LogP contribution in [0.5, 0.6) is 0 Å². The van der Waals surface area contributed by atoms with Crippen LogP contribution in [0.1, 0.15) is 45.1 Å². The van der Waals surface area contributed by atoms with E-state index in [-0.39, 0.29) is 11.8 Å². The van der Waals surface area contributed by atoms with Crippen LogP contribution in [-0.2, 0) is 11.3 Å². The summed E-state index contributed by atoms with van der Waals surface area (Å²) in [6, 6.07) is 5.29. The monoisotopic (exact) mass is 344 g/mol. The van der Waals surface area contributed by atoms with Crippen LogP contribution in [-0.4, -0.2) is 59.0 Å². The summed E-state index contributed by atoms with van der Waals surface area (Å²) in [6.45, 7) is 9.72. The first-order chi connectivity index (χ1) is 12.1. The fourth-order valence-electron chi connectivity index (χ4n) is 4.13. The molecule has 3 heterocycles. The lowest BCUT2D eigenvalue weighted by Crippen LogP contribution is -2.50. The summed E-state index contributed by atoms with van der Waals surface area (Å²) in [5.41, 5.74) is 1.06. The van der Waals surface area contributed by atoms with Gasteiger partial charge in [0.2, 0.25) is 5.91 Å². The summed E-state index contributed by atoms with van der Waals surface area (Å²) in [7, 11) is 0. The van der Waals surface area contributed by atoms with E-state index in [0.29, 0.717) is 12.6 Å². The fourth-order valence-corrected chi connectivity index (χ4v) is 4.13. The van der Waals surface area contributed by atoms with Gasteiger partial charge < -0.3 is 15.1 Å². The first kappa shape index (κ1) is 18.3. The molecule has 25 heavy (non-hydrogen) atoms. The number of nitrogens with zero attached hydrogens (tertiary/aromatic N) is 3. The Labute approximate surface area is 151 Å². The van der Waals surface area contributed by atoms with Crippen LogP contribution in [0.2, 0.25) is 0 Å². The molecule has 138 valence electrons. The minimum Gasteiger partial charge on any atom is -0.352 e. The SMILES string of the molecule is CC(C)N1CCC(N2CCC(C(=O)NCc3cccnc3)CC2)CC1. The average Bonchev–Trinajstić information content (AvgIpc) is 2.67. The van der Waals surface area contributed by atoms with Crippen molar-refractivity contribution in [1.29, 1.82) is 0 Å². The smallest absolute Gasteiger partial charge is 0.223 e. The maximum Gasteiger partial charge on any atom is 0.223 e. The van der Waals surface area contributed by atoms with E-state index >= 15 is 0 Å². The summed E-state index contributed by atoms with van der Waals surface area (Å²) in [4.78, 5) is 21.7. The van der Waals surface area contributed by atoms with Gasteiger partial charge in [-0.05, 0) is 77.3 Å². The molecule has 1 amide bonds. The Hall–Kier alpha value is -1.46. The Morgan fingerprint density at radius 1 is 1.20 bits per heavy atom. The second-order valence-electron chi connectivity index (χ2n) is 7.75. The zero-order valence-corrected chi connectivity index (χ0v) is 15.7. The van der Waals surface area contributed by atoms with Crippen LogP contribution < -0.4 is 5.32 Å². The predicted molar refractivity (Wildman–Crippen MR) is 100 cm³/mol. The van der Waals surface area contributed by atoms with Gasteiger partial charge in [0.25, 0.3) is 0 Å². The van der Waals surface area contributed by atoms with E-state index in [2.05, 4.69) is 33.9 Å². The molecular formula is C20H32N4O. The van der Waals surface area contributed by atoms with Gasteiger partial charge in [-0.25, -0.2) is 0 Å². The Bertz CT molecular complexity index is 532. The molecule has 2 aliphatic rings. The summed E-state index contributed by atoms with van der Waals surface area (Å²) < 4.78 is 0. The highest BCUT2D eigenvalue weighted by Gasteiger charge is 2.30. The summed E-state index contributed by atoms with van der Waals surface area (Å²) in [6.07, 6.45) is 8.09. The maximum absolute atomic E-state index is 12.4. The molecule has 2 fully saturated rings. The molecule has 0 unspecified atom stereocenters. The minimum atomic E-state index is 0.170. The van der Waals surface area contributed by atoms with Crippen molar-refractivity contribution in [3.63, 3.8) is 0 Å². The second-order valence-corrected chi connectivity index (χ2v) is 7.75. The number of carbonyl (C=O) groups is 1. The molecule has 5 nitrogen and oxygen atoms in total. The Kier molecular flexibility index (Phi) is 6.43. The molecular weight excluding hydrogens is 312 g/mol. The van der Waals surface area contributed by atoms with Crippen molar-refractivity contribution >= 4 is 5.91 Å². The molecule has 5 heteroatoms. The van der Waals surface area contributed by atoms with Crippen LogP contribution in [0.4, 0.5) is 0 Å². The summed E-state index contributed by atoms with van der Waals surface area (Å²) in [5.74, 6) is 0.377. The fraction of sp³-hybridized carbons (Fsp3) is 0.700. The van der Waals surface area contributed by atoms with Crippen LogP contribution in [0.15, 0.2) is 24.5 Å². The average molecular weight is 345 g/mol. The molecule has 0 aliphatic carbocycles. The first-order valence-electron chi connectivity index (χ1n) is 9.78. The van der Waals surface area contributed by atoms with Crippen molar-refractivity contribution < 1.29 is 4.79 Å². The second kappa shape index (κ2) is 8.77. The topological polar surface area (TPSA) is 48.5 Å². The van der Waals surface area contributed by atoms with Gasteiger partial charge in [0, 0.05) is 36.9 Å². The predicted octanol–water partition coefficient (Wildman–Crippen LogP) is 2.28. The lowest BCUT2D eigenvalue weighted by Gasteiger charge is -2.42. The van der Waals surface area contributed by atoms with Crippen LogP contribution in [0, 0.1) is 5.92 Å². The highest BCUT2D eigenvalue weighted by molar-refractivity contribution is 5.78. The number of piperidine rings is 2. The van der Waals surface area contributed by atoms with Crippen molar-refractivity contribution in [2.75, 3.05) is 26.2 Å². The van der Waals surface area contributed by atoms with Gasteiger partial charge >= 0.3 is 0 Å². The molecule has 0 bridgehead atoms. The molecule has 1 aromatic rings. The number of likely N-dealkylation sites (tertiary alicyclic amines) is 2. The molecule has 3 rings (SSSR count). The van der Waals surface area contributed by atoms with Gasteiger partial charge in [-0.15, -0.1) is 0 Å². The van der Waals surface area contributed by atoms with Crippen molar-refractivity contribution in [1.82, 2.24) is 20.1 Å². The highest BCUT2D eigenvalue weighted by atomic mass is 16.1. The number of amides is 1. The number of pyridine rings is 1. The van der Waals surface area contributed by atoms with E-state index in [1.165, 1.54) is 25.9 Å². The number of rotatable bonds is 5. The number of hydrogen-bond acceptors (Lipinski definition) is 4. The van der Waals surface area contributed by atoms with E-state index in [4.69, 9.17) is 0 Å². The summed E-state index contributed by atoms with van der Waals surface area (Å²) >= 11 is 0. The van der Waals surface area contributed by atoms with Gasteiger partial charge in [-0.3, -0.25) is 9.78 Å². The molecule has 2 saturated heterocycles. The third-order valence-electron chi connectivity index (χ3n) is 5.84. The third-order valence-corrected chi connectivity index (χ3v) is 5.84. The summed E-state index contributed by atoms with van der Waals surface area (Å²) in [5, 5.41) is 3.08. The quantitative estimate of drug-likeness (QED) is 0.890. The first-order valence-corrected chi connectivity index (χ1v) is 9.78. The standard InChI is InChI=1S/C20H32N4O/c1-16(2)23-12-7-19(8-13-23)24-10-5-18(6-11-24)20(25)22-15-17-4-3-9-21-14-17/h3-4,9,14,16,18-19H,5-8,10-13,15H2,1-2H3,(H,22,25). The minimum absolute atomic E-state index is 0.170. The molecule has 0 aromatic carbocycles. The van der Waals surface area contributed by atoms with Gasteiger partial charge in [-0.1, -0.05) is 6.07 Å². The molecule has 0 spiro atoms. The van der Waals surface area contributed by atoms with Gasteiger partial charge in [-0.2, -0.15) is 0 Å². The third kappa shape index (κ3) is 5.02. The largest absolute Gasteiger partial charge is 0.352 e. The van der Waals surface area contributed by atoms with E-state index in [1.54, 1.807) is 6.20 Å². The van der Waals surface area contributed by atoms with Gasteiger partial charge in [0.1, 0.15) is 0 Å². The molecule has 1 N–H and O–H groups in total. The number of hydrogen-bond donors (Lipinski definition) is 1. The lowest BCUT2D eigenvalue weighted by atomic mass is 9.92. The zero-order chi connectivity index (χ0) is 17.6. The van der Waals surface area contributed by atoms with E-state index in [9.17, 15) is 4.79 Å². The van der Waals surface area contributed by atoms with E-state index < -0.39 is 0 Å². The highest BCUT2D eigenvalue weighted by Crippen LogP contribution is 2.24. The molecule has 0 atom stereocenters. The maximum atomic E-state index is 12.4. The Balaban J connectivity index is 1.39.